The maximum atomic E-state index is 6.33. The summed E-state index contributed by atoms with van der Waals surface area (Å²) in [7, 11) is 0. The molecule has 0 atom stereocenters. The SMILES string of the molecule is c1ccc(-c2nc(-c3ccccc3)nc(-c3cc(-c4ccc5oc6ccccc6c5c4)ccc3-c3ccc4c(c3)oc3ccccc34)n2)cc1. The lowest BCUT2D eigenvalue weighted by Crippen LogP contribution is -2.01. The lowest BCUT2D eigenvalue weighted by molar-refractivity contribution is 0.668. The Hall–Kier alpha value is -6.85. The molecular formula is C45H27N3O2. The van der Waals surface area contributed by atoms with Gasteiger partial charge in [-0.25, -0.2) is 15.0 Å². The fraction of sp³-hybridized carbons (Fsp3) is 0. The Morgan fingerprint density at radius 3 is 1.48 bits per heavy atom. The van der Waals surface area contributed by atoms with E-state index in [9.17, 15) is 0 Å². The molecule has 10 rings (SSSR count). The third-order valence-corrected chi connectivity index (χ3v) is 9.36. The fourth-order valence-corrected chi connectivity index (χ4v) is 6.89. The van der Waals surface area contributed by atoms with E-state index in [1.807, 2.05) is 97.1 Å². The summed E-state index contributed by atoms with van der Waals surface area (Å²) in [6.07, 6.45) is 0. The van der Waals surface area contributed by atoms with Gasteiger partial charge in [0, 0.05) is 38.2 Å². The first-order valence-corrected chi connectivity index (χ1v) is 16.6. The molecule has 0 unspecified atom stereocenters. The van der Waals surface area contributed by atoms with Crippen molar-refractivity contribution in [3.63, 3.8) is 0 Å². The van der Waals surface area contributed by atoms with Crippen LogP contribution in [0.1, 0.15) is 0 Å². The van der Waals surface area contributed by atoms with Gasteiger partial charge in [0.1, 0.15) is 22.3 Å². The molecule has 0 N–H and O–H groups in total. The van der Waals surface area contributed by atoms with Crippen LogP contribution in [0.5, 0.6) is 0 Å². The van der Waals surface area contributed by atoms with Crippen molar-refractivity contribution in [1.82, 2.24) is 15.0 Å². The molecule has 0 amide bonds. The van der Waals surface area contributed by atoms with Crippen LogP contribution >= 0.6 is 0 Å². The molecule has 3 heterocycles. The van der Waals surface area contributed by atoms with Crippen LogP contribution in [0.4, 0.5) is 0 Å². The molecule has 0 bridgehead atoms. The number of para-hydroxylation sites is 2. The van der Waals surface area contributed by atoms with Crippen molar-refractivity contribution in [2.45, 2.75) is 0 Å². The van der Waals surface area contributed by atoms with Gasteiger partial charge < -0.3 is 8.83 Å². The predicted molar refractivity (Wildman–Crippen MR) is 202 cm³/mol. The summed E-state index contributed by atoms with van der Waals surface area (Å²) < 4.78 is 12.5. The molecule has 0 fully saturated rings. The molecule has 0 spiro atoms. The van der Waals surface area contributed by atoms with Gasteiger partial charge in [0.25, 0.3) is 0 Å². The molecule has 50 heavy (non-hydrogen) atoms. The van der Waals surface area contributed by atoms with Crippen molar-refractivity contribution >= 4 is 43.9 Å². The second-order valence-corrected chi connectivity index (χ2v) is 12.4. The number of furan rings is 2. The number of rotatable bonds is 5. The summed E-state index contributed by atoms with van der Waals surface area (Å²) in [4.78, 5) is 15.2. The molecule has 234 valence electrons. The van der Waals surface area contributed by atoms with Crippen molar-refractivity contribution in [3.05, 3.63) is 164 Å². The van der Waals surface area contributed by atoms with Gasteiger partial charge in [-0.05, 0) is 64.7 Å². The van der Waals surface area contributed by atoms with E-state index in [1.54, 1.807) is 0 Å². The minimum atomic E-state index is 0.592. The summed E-state index contributed by atoms with van der Waals surface area (Å²) in [5.41, 5.74) is 10.3. The van der Waals surface area contributed by atoms with Gasteiger partial charge in [-0.2, -0.15) is 0 Å². The maximum Gasteiger partial charge on any atom is 0.164 e. The number of fused-ring (bicyclic) bond motifs is 6. The van der Waals surface area contributed by atoms with E-state index < -0.39 is 0 Å². The Morgan fingerprint density at radius 2 is 0.780 bits per heavy atom. The smallest absolute Gasteiger partial charge is 0.164 e. The second kappa shape index (κ2) is 11.4. The van der Waals surface area contributed by atoms with Crippen LogP contribution in [-0.2, 0) is 0 Å². The van der Waals surface area contributed by atoms with Crippen molar-refractivity contribution in [1.29, 1.82) is 0 Å². The summed E-state index contributed by atoms with van der Waals surface area (Å²) in [6.45, 7) is 0. The van der Waals surface area contributed by atoms with Crippen LogP contribution in [-0.4, -0.2) is 15.0 Å². The zero-order valence-electron chi connectivity index (χ0n) is 26.7. The number of aromatic nitrogens is 3. The van der Waals surface area contributed by atoms with E-state index in [1.165, 1.54) is 0 Å². The zero-order valence-corrected chi connectivity index (χ0v) is 26.7. The molecule has 0 aliphatic rings. The molecule has 5 nitrogen and oxygen atoms in total. The molecule has 0 aliphatic heterocycles. The van der Waals surface area contributed by atoms with Crippen LogP contribution in [0.15, 0.2) is 173 Å². The first-order valence-electron chi connectivity index (χ1n) is 16.6. The van der Waals surface area contributed by atoms with E-state index >= 15 is 0 Å². The summed E-state index contributed by atoms with van der Waals surface area (Å²) in [6, 6.07) is 55.8. The average molecular weight is 642 g/mol. The Morgan fingerprint density at radius 1 is 0.280 bits per heavy atom. The summed E-state index contributed by atoms with van der Waals surface area (Å²) >= 11 is 0. The summed E-state index contributed by atoms with van der Waals surface area (Å²) in [5, 5.41) is 4.36. The highest BCUT2D eigenvalue weighted by Gasteiger charge is 2.19. The Bertz CT molecular complexity index is 2810. The molecule has 5 heteroatoms. The van der Waals surface area contributed by atoms with Crippen LogP contribution in [0.3, 0.4) is 0 Å². The molecule has 0 radical (unpaired) electrons. The highest BCUT2D eigenvalue weighted by Crippen LogP contribution is 2.40. The molecule has 10 aromatic rings. The lowest BCUT2D eigenvalue weighted by atomic mass is 9.93. The number of hydrogen-bond donors (Lipinski definition) is 0. The van der Waals surface area contributed by atoms with E-state index in [0.29, 0.717) is 17.5 Å². The monoisotopic (exact) mass is 641 g/mol. The van der Waals surface area contributed by atoms with E-state index in [0.717, 1.165) is 82.8 Å². The van der Waals surface area contributed by atoms with Crippen molar-refractivity contribution in [2.75, 3.05) is 0 Å². The fourth-order valence-electron chi connectivity index (χ4n) is 6.89. The van der Waals surface area contributed by atoms with Crippen molar-refractivity contribution < 1.29 is 8.83 Å². The van der Waals surface area contributed by atoms with Crippen molar-refractivity contribution in [2.24, 2.45) is 0 Å². The first kappa shape index (κ1) is 28.2. The largest absolute Gasteiger partial charge is 0.456 e. The van der Waals surface area contributed by atoms with Crippen LogP contribution < -0.4 is 0 Å². The van der Waals surface area contributed by atoms with Gasteiger partial charge in [-0.1, -0.05) is 121 Å². The topological polar surface area (TPSA) is 65.0 Å². The van der Waals surface area contributed by atoms with Crippen LogP contribution in [0.2, 0.25) is 0 Å². The second-order valence-electron chi connectivity index (χ2n) is 12.4. The molecule has 7 aromatic carbocycles. The zero-order chi connectivity index (χ0) is 33.0. The van der Waals surface area contributed by atoms with Gasteiger partial charge >= 0.3 is 0 Å². The van der Waals surface area contributed by atoms with E-state index in [-0.39, 0.29) is 0 Å². The normalized spacial score (nSPS) is 11.6. The molecule has 0 saturated heterocycles. The standard InChI is InChI=1S/C45H27N3O2/c1-3-11-28(12-4-1)43-46-44(29-13-5-2-6-14-29)48-45(47-43)38-26-30(31-21-24-41-37(25-31)35-16-8-10-18-40(35)49-41)19-22-33(38)32-20-23-36-34-15-7-9-17-39(34)50-42(36)27-32/h1-27H. The first-order chi connectivity index (χ1) is 24.7. The Kier molecular flexibility index (Phi) is 6.42. The summed E-state index contributed by atoms with van der Waals surface area (Å²) in [5.74, 6) is 1.82. The maximum absolute atomic E-state index is 6.33. The van der Waals surface area contributed by atoms with E-state index in [2.05, 4.69) is 66.7 Å². The highest BCUT2D eigenvalue weighted by molar-refractivity contribution is 6.07. The third-order valence-electron chi connectivity index (χ3n) is 9.36. The van der Waals surface area contributed by atoms with Gasteiger partial charge in [-0.3, -0.25) is 0 Å². The third kappa shape index (κ3) is 4.75. The van der Waals surface area contributed by atoms with Crippen LogP contribution in [0, 0.1) is 0 Å². The number of nitrogens with zero attached hydrogens (tertiary/aromatic N) is 3. The van der Waals surface area contributed by atoms with Gasteiger partial charge in [0.15, 0.2) is 17.5 Å². The molecule has 0 saturated carbocycles. The lowest BCUT2D eigenvalue weighted by Gasteiger charge is -2.14. The van der Waals surface area contributed by atoms with Crippen molar-refractivity contribution in [3.8, 4) is 56.4 Å². The number of benzene rings is 7. The highest BCUT2D eigenvalue weighted by atomic mass is 16.3. The average Bonchev–Trinajstić information content (AvgIpc) is 3.76. The predicted octanol–water partition coefficient (Wildman–Crippen LogP) is 12.0. The molecule has 0 aliphatic carbocycles. The van der Waals surface area contributed by atoms with Crippen LogP contribution in [0.25, 0.3) is 100 Å². The van der Waals surface area contributed by atoms with E-state index in [4.69, 9.17) is 23.8 Å². The minimum absolute atomic E-state index is 0.592. The van der Waals surface area contributed by atoms with Gasteiger partial charge in [0.05, 0.1) is 0 Å². The molecule has 3 aromatic heterocycles. The Labute approximate surface area is 287 Å². The molecular weight excluding hydrogens is 615 g/mol. The van der Waals surface area contributed by atoms with Gasteiger partial charge in [-0.15, -0.1) is 0 Å². The Balaban J connectivity index is 1.21. The minimum Gasteiger partial charge on any atom is -0.456 e. The quantitative estimate of drug-likeness (QED) is 0.187. The number of hydrogen-bond acceptors (Lipinski definition) is 5. The van der Waals surface area contributed by atoms with Gasteiger partial charge in [0.2, 0.25) is 0 Å².